The Labute approximate surface area is 139 Å². The highest BCUT2D eigenvalue weighted by Crippen LogP contribution is 2.37. The molecule has 1 saturated carbocycles. The van der Waals surface area contributed by atoms with E-state index in [4.69, 9.17) is 18.0 Å². The molecule has 1 fully saturated rings. The van der Waals surface area contributed by atoms with Gasteiger partial charge in [0.15, 0.2) is 0 Å². The Hall–Kier alpha value is -0.940. The molecule has 2 rings (SSSR count). The van der Waals surface area contributed by atoms with Crippen molar-refractivity contribution in [2.24, 2.45) is 11.1 Å². The molecule has 1 aliphatic carbocycles. The van der Waals surface area contributed by atoms with Crippen molar-refractivity contribution in [2.75, 3.05) is 5.32 Å². The summed E-state index contributed by atoms with van der Waals surface area (Å²) in [6, 6.07) is 5.86. The highest BCUT2D eigenvalue weighted by Gasteiger charge is 2.41. The lowest BCUT2D eigenvalue weighted by molar-refractivity contribution is -0.122. The molecule has 0 aromatic heterocycles. The molecule has 1 aromatic rings. The normalized spacial score (nSPS) is 17.8. The average Bonchev–Trinajstić information content (AvgIpc) is 2.68. The Bertz CT molecular complexity index is 551. The summed E-state index contributed by atoms with van der Waals surface area (Å²) in [4.78, 5) is 13.1. The van der Waals surface area contributed by atoms with Crippen molar-refractivity contribution in [2.45, 2.75) is 45.4 Å². The van der Waals surface area contributed by atoms with Gasteiger partial charge in [-0.05, 0) is 53.4 Å². The topological polar surface area (TPSA) is 55.1 Å². The zero-order valence-corrected chi connectivity index (χ0v) is 14.6. The van der Waals surface area contributed by atoms with Gasteiger partial charge in [-0.3, -0.25) is 4.79 Å². The van der Waals surface area contributed by atoms with Crippen LogP contribution in [0.3, 0.4) is 0 Å². The van der Waals surface area contributed by atoms with E-state index in [0.717, 1.165) is 54.2 Å². The molecule has 1 aliphatic rings. The Morgan fingerprint density at radius 3 is 2.43 bits per heavy atom. The minimum absolute atomic E-state index is 0.0681. The van der Waals surface area contributed by atoms with Crippen LogP contribution in [0.4, 0.5) is 5.69 Å². The number of aryl methyl sites for hydroxylation is 1. The Morgan fingerprint density at radius 1 is 1.29 bits per heavy atom. The zero-order valence-electron chi connectivity index (χ0n) is 12.2. The van der Waals surface area contributed by atoms with Gasteiger partial charge in [-0.2, -0.15) is 0 Å². The summed E-state index contributed by atoms with van der Waals surface area (Å²) in [5, 5.41) is 3.00. The van der Waals surface area contributed by atoms with Crippen LogP contribution in [0.1, 0.15) is 44.1 Å². The lowest BCUT2D eigenvalue weighted by atomic mass is 9.79. The van der Waals surface area contributed by atoms with Crippen LogP contribution in [0.2, 0.25) is 0 Å². The Balaban J connectivity index is 2.24. The largest absolute Gasteiger partial charge is 0.392 e. The maximum Gasteiger partial charge on any atom is 0.237 e. The molecule has 0 spiro atoms. The van der Waals surface area contributed by atoms with E-state index in [1.165, 1.54) is 0 Å². The van der Waals surface area contributed by atoms with Crippen molar-refractivity contribution in [1.29, 1.82) is 0 Å². The summed E-state index contributed by atoms with van der Waals surface area (Å²) in [5.41, 5.74) is 7.16. The molecule has 0 bridgehead atoms. The summed E-state index contributed by atoms with van der Waals surface area (Å²) in [5.74, 6) is -0.0681. The van der Waals surface area contributed by atoms with E-state index in [1.807, 2.05) is 25.1 Å². The third-order valence-electron chi connectivity index (χ3n) is 4.24. The molecule has 0 heterocycles. The highest BCUT2D eigenvalue weighted by atomic mass is 79.9. The van der Waals surface area contributed by atoms with E-state index in [1.54, 1.807) is 0 Å². The first-order valence-corrected chi connectivity index (χ1v) is 8.53. The number of thiocarbonyl (C=S) groups is 1. The summed E-state index contributed by atoms with van der Waals surface area (Å²) in [6.07, 6.45) is 5.78. The molecule has 5 heteroatoms. The molecule has 0 atom stereocenters. The number of benzene rings is 1. The summed E-state index contributed by atoms with van der Waals surface area (Å²) < 4.78 is 0.877. The van der Waals surface area contributed by atoms with Crippen LogP contribution in [-0.4, -0.2) is 10.9 Å². The third kappa shape index (κ3) is 3.64. The summed E-state index contributed by atoms with van der Waals surface area (Å²) in [6.45, 7) is 2.01. The SMILES string of the molecule is Cc1ccc(NC(=O)C2(C(N)=S)CCCCCC2)c(Br)c1. The van der Waals surface area contributed by atoms with Gasteiger partial charge < -0.3 is 11.1 Å². The maximum absolute atomic E-state index is 12.8. The number of carbonyl (C=O) groups is 1. The second-order valence-electron chi connectivity index (χ2n) is 5.80. The monoisotopic (exact) mass is 368 g/mol. The van der Waals surface area contributed by atoms with Gasteiger partial charge >= 0.3 is 0 Å². The fourth-order valence-corrected chi connectivity index (χ4v) is 3.77. The maximum atomic E-state index is 12.8. The smallest absolute Gasteiger partial charge is 0.237 e. The van der Waals surface area contributed by atoms with Crippen molar-refractivity contribution in [3.63, 3.8) is 0 Å². The molecule has 3 N–H and O–H groups in total. The van der Waals surface area contributed by atoms with Crippen molar-refractivity contribution < 1.29 is 4.79 Å². The second-order valence-corrected chi connectivity index (χ2v) is 7.09. The van der Waals surface area contributed by atoms with Gasteiger partial charge in [-0.1, -0.05) is 44.0 Å². The van der Waals surface area contributed by atoms with Crippen molar-refractivity contribution in [3.05, 3.63) is 28.2 Å². The van der Waals surface area contributed by atoms with Crippen LogP contribution in [0.5, 0.6) is 0 Å². The number of rotatable bonds is 3. The van der Waals surface area contributed by atoms with Gasteiger partial charge in [-0.15, -0.1) is 0 Å². The quantitative estimate of drug-likeness (QED) is 0.616. The predicted octanol–water partition coefficient (Wildman–Crippen LogP) is 4.32. The predicted molar refractivity (Wildman–Crippen MR) is 94.4 cm³/mol. The van der Waals surface area contributed by atoms with E-state index < -0.39 is 5.41 Å². The molecule has 1 aromatic carbocycles. The molecule has 21 heavy (non-hydrogen) atoms. The third-order valence-corrected chi connectivity index (χ3v) is 5.28. The number of carbonyl (C=O) groups excluding carboxylic acids is 1. The molecule has 3 nitrogen and oxygen atoms in total. The van der Waals surface area contributed by atoms with Gasteiger partial charge in [-0.25, -0.2) is 0 Å². The molecule has 0 unspecified atom stereocenters. The average molecular weight is 369 g/mol. The molecule has 0 aliphatic heterocycles. The van der Waals surface area contributed by atoms with Crippen LogP contribution in [0, 0.1) is 12.3 Å². The summed E-state index contributed by atoms with van der Waals surface area (Å²) >= 11 is 8.73. The first-order valence-electron chi connectivity index (χ1n) is 7.33. The van der Waals surface area contributed by atoms with Crippen molar-refractivity contribution in [1.82, 2.24) is 0 Å². The number of anilines is 1. The van der Waals surface area contributed by atoms with Crippen LogP contribution in [-0.2, 0) is 4.79 Å². The van der Waals surface area contributed by atoms with Crippen molar-refractivity contribution in [3.8, 4) is 0 Å². The van der Waals surface area contributed by atoms with Gasteiger partial charge in [0.1, 0.15) is 0 Å². The zero-order chi connectivity index (χ0) is 15.5. The minimum Gasteiger partial charge on any atom is -0.392 e. The Morgan fingerprint density at radius 2 is 1.90 bits per heavy atom. The highest BCUT2D eigenvalue weighted by molar-refractivity contribution is 9.10. The summed E-state index contributed by atoms with van der Waals surface area (Å²) in [7, 11) is 0. The van der Waals surface area contributed by atoms with Crippen LogP contribution >= 0.6 is 28.1 Å². The van der Waals surface area contributed by atoms with Crippen LogP contribution in [0.25, 0.3) is 0 Å². The second kappa shape index (κ2) is 6.88. The lowest BCUT2D eigenvalue weighted by Gasteiger charge is -2.30. The van der Waals surface area contributed by atoms with Crippen LogP contribution < -0.4 is 11.1 Å². The number of hydrogen-bond donors (Lipinski definition) is 2. The van der Waals surface area contributed by atoms with Gasteiger partial charge in [0, 0.05) is 4.47 Å². The molecule has 114 valence electrons. The molecular weight excluding hydrogens is 348 g/mol. The number of halogens is 1. The Kier molecular flexibility index (Phi) is 5.38. The van der Waals surface area contributed by atoms with E-state index in [-0.39, 0.29) is 5.91 Å². The first kappa shape index (κ1) is 16.4. The van der Waals surface area contributed by atoms with E-state index >= 15 is 0 Å². The fraction of sp³-hybridized carbons (Fsp3) is 0.500. The van der Waals surface area contributed by atoms with E-state index in [2.05, 4.69) is 21.2 Å². The number of nitrogens with one attached hydrogen (secondary N) is 1. The van der Waals surface area contributed by atoms with E-state index in [9.17, 15) is 4.79 Å². The molecule has 0 radical (unpaired) electrons. The minimum atomic E-state index is -0.698. The number of hydrogen-bond acceptors (Lipinski definition) is 2. The lowest BCUT2D eigenvalue weighted by Crippen LogP contribution is -2.45. The van der Waals surface area contributed by atoms with Gasteiger partial charge in [0.05, 0.1) is 16.1 Å². The van der Waals surface area contributed by atoms with Gasteiger partial charge in [0.2, 0.25) is 5.91 Å². The number of amides is 1. The van der Waals surface area contributed by atoms with Crippen LogP contribution in [0.15, 0.2) is 22.7 Å². The standard InChI is InChI=1S/C16H21BrN2OS/c1-11-6-7-13(12(17)10-11)19-15(20)16(14(18)21)8-4-2-3-5-9-16/h6-7,10H,2-5,8-9H2,1H3,(H2,18,21)(H,19,20). The van der Waals surface area contributed by atoms with E-state index in [0.29, 0.717) is 4.99 Å². The molecule has 1 amide bonds. The molecular formula is C16H21BrN2OS. The fourth-order valence-electron chi connectivity index (χ4n) is 2.88. The van der Waals surface area contributed by atoms with Gasteiger partial charge in [0.25, 0.3) is 0 Å². The first-order chi connectivity index (χ1) is 9.95. The number of nitrogens with two attached hydrogens (primary N) is 1. The van der Waals surface area contributed by atoms with Crippen molar-refractivity contribution >= 4 is 44.7 Å². The molecule has 0 saturated heterocycles.